The number of carbonyl (C=O) groups excluding carboxylic acids is 6. The third-order valence-electron chi connectivity index (χ3n) is 8.87. The van der Waals surface area contributed by atoms with E-state index in [0.717, 1.165) is 50.5 Å². The van der Waals surface area contributed by atoms with E-state index < -0.39 is 47.5 Å². The molecule has 3 aliphatic rings. The Balaban J connectivity index is 1.43. The number of amides is 5. The second-order valence-corrected chi connectivity index (χ2v) is 12.5. The predicted molar refractivity (Wildman–Crippen MR) is 164 cm³/mol. The van der Waals surface area contributed by atoms with E-state index in [1.165, 1.54) is 0 Å². The van der Waals surface area contributed by atoms with E-state index >= 15 is 0 Å². The lowest BCUT2D eigenvalue weighted by Gasteiger charge is -2.31. The Labute approximate surface area is 259 Å². The van der Waals surface area contributed by atoms with Crippen LogP contribution >= 0.6 is 0 Å². The molecule has 5 N–H and O–H groups in total. The number of rotatable bonds is 16. The fraction of sp³-hybridized carbons (Fsp3) is 0.636. The molecular formula is C33H47N5O6. The lowest BCUT2D eigenvalue weighted by molar-refractivity contribution is -0.141. The molecule has 11 nitrogen and oxygen atoms in total. The molecule has 3 fully saturated rings. The van der Waals surface area contributed by atoms with Crippen LogP contribution in [0.2, 0.25) is 0 Å². The Morgan fingerprint density at radius 3 is 2.20 bits per heavy atom. The molecule has 0 bridgehead atoms. The van der Waals surface area contributed by atoms with Crippen LogP contribution in [0.5, 0.6) is 0 Å². The zero-order valence-electron chi connectivity index (χ0n) is 25.7. The number of aryl methyl sites for hydroxylation is 1. The summed E-state index contributed by atoms with van der Waals surface area (Å²) in [5.74, 6) is -3.57. The van der Waals surface area contributed by atoms with Crippen LogP contribution < -0.4 is 26.6 Å². The van der Waals surface area contributed by atoms with E-state index in [1.54, 1.807) is 0 Å². The molecule has 0 unspecified atom stereocenters. The van der Waals surface area contributed by atoms with Gasteiger partial charge in [-0.25, -0.2) is 0 Å². The Kier molecular flexibility index (Phi) is 12.3. The highest BCUT2D eigenvalue weighted by molar-refractivity contribution is 6.38. The zero-order valence-corrected chi connectivity index (χ0v) is 25.7. The summed E-state index contributed by atoms with van der Waals surface area (Å²) in [6.45, 7) is 2.35. The van der Waals surface area contributed by atoms with Crippen molar-refractivity contribution in [1.82, 2.24) is 26.6 Å². The molecule has 11 heteroatoms. The third kappa shape index (κ3) is 9.89. The quantitative estimate of drug-likeness (QED) is 0.180. The van der Waals surface area contributed by atoms with Crippen molar-refractivity contribution in [3.8, 4) is 0 Å². The molecule has 1 aliphatic heterocycles. The van der Waals surface area contributed by atoms with Gasteiger partial charge < -0.3 is 26.6 Å². The van der Waals surface area contributed by atoms with Crippen molar-refractivity contribution in [3.63, 3.8) is 0 Å². The summed E-state index contributed by atoms with van der Waals surface area (Å²) in [6.07, 6.45) is 8.39. The summed E-state index contributed by atoms with van der Waals surface area (Å²) < 4.78 is 0. The summed E-state index contributed by atoms with van der Waals surface area (Å²) in [6, 6.07) is 6.69. The normalized spacial score (nSPS) is 20.5. The van der Waals surface area contributed by atoms with E-state index in [-0.39, 0.29) is 36.6 Å². The highest BCUT2D eigenvalue weighted by atomic mass is 16.2. The maximum atomic E-state index is 13.7. The number of nitrogens with one attached hydrogen (secondary N) is 5. The Morgan fingerprint density at radius 1 is 0.864 bits per heavy atom. The highest BCUT2D eigenvalue weighted by Gasteiger charge is 2.38. The summed E-state index contributed by atoms with van der Waals surface area (Å²) in [7, 11) is 0. The van der Waals surface area contributed by atoms with Gasteiger partial charge in [-0.3, -0.25) is 28.8 Å². The third-order valence-corrected chi connectivity index (χ3v) is 8.87. The number of Topliss-reactive ketones (excluding diaryl/α,β-unsaturated/α-hetero) is 1. The van der Waals surface area contributed by atoms with Crippen molar-refractivity contribution in [1.29, 1.82) is 0 Å². The topological polar surface area (TPSA) is 163 Å². The number of ketones is 1. The van der Waals surface area contributed by atoms with Crippen molar-refractivity contribution in [2.75, 3.05) is 6.54 Å². The van der Waals surface area contributed by atoms with Crippen LogP contribution in [-0.4, -0.2) is 66.0 Å². The highest BCUT2D eigenvalue weighted by Crippen LogP contribution is 2.27. The molecule has 4 rings (SSSR count). The van der Waals surface area contributed by atoms with Crippen molar-refractivity contribution >= 4 is 35.3 Å². The molecule has 0 spiro atoms. The van der Waals surface area contributed by atoms with Crippen molar-refractivity contribution in [3.05, 3.63) is 35.9 Å². The van der Waals surface area contributed by atoms with E-state index in [9.17, 15) is 28.8 Å². The van der Waals surface area contributed by atoms with Gasteiger partial charge in [-0.1, -0.05) is 62.9 Å². The monoisotopic (exact) mass is 609 g/mol. The standard InChI is InChI=1S/C33H47N5O6/c1-2-9-25(31(42)37-26(20-23-18-19-34-30(23)41)29(40)33(44)35-24-15-16-24)36-32(43)28(22-12-7-4-8-13-22)38-27(39)17-14-21-10-5-3-6-11-21/h3,5-6,10-11,22-26,28H,2,4,7-9,12-20H2,1H3,(H,34,41)(H,35,44)(H,36,43)(H,37,42)(H,38,39)/t23-,25-,26-,28+/m0/s1. The minimum absolute atomic E-state index is 0.00343. The van der Waals surface area contributed by atoms with Crippen molar-refractivity contribution < 1.29 is 28.8 Å². The van der Waals surface area contributed by atoms with Gasteiger partial charge in [0.05, 0.1) is 6.04 Å². The molecule has 1 aromatic carbocycles. The van der Waals surface area contributed by atoms with Crippen LogP contribution in [-0.2, 0) is 35.2 Å². The number of carbonyl (C=O) groups is 6. The van der Waals surface area contributed by atoms with Crippen molar-refractivity contribution in [2.45, 2.75) is 115 Å². The van der Waals surface area contributed by atoms with Crippen LogP contribution in [0.15, 0.2) is 30.3 Å². The van der Waals surface area contributed by atoms with E-state index in [1.807, 2.05) is 37.3 Å². The van der Waals surface area contributed by atoms with E-state index in [4.69, 9.17) is 0 Å². The SMILES string of the molecule is CCC[C@H](NC(=O)[C@H](NC(=O)CCc1ccccc1)C1CCCCC1)C(=O)N[C@@H](C[C@@H]1CCNC1=O)C(=O)C(=O)NC1CC1. The lowest BCUT2D eigenvalue weighted by Crippen LogP contribution is -2.58. The van der Waals surface area contributed by atoms with E-state index in [2.05, 4.69) is 26.6 Å². The van der Waals surface area contributed by atoms with Gasteiger partial charge in [-0.05, 0) is 62.8 Å². The summed E-state index contributed by atoms with van der Waals surface area (Å²) in [5.41, 5.74) is 1.03. The van der Waals surface area contributed by atoms with E-state index in [0.29, 0.717) is 32.2 Å². The number of hydrogen-bond acceptors (Lipinski definition) is 6. The van der Waals surface area contributed by atoms with Crippen molar-refractivity contribution in [2.24, 2.45) is 11.8 Å². The maximum absolute atomic E-state index is 13.7. The number of benzene rings is 1. The van der Waals surface area contributed by atoms with Crippen LogP contribution in [0.25, 0.3) is 0 Å². The Bertz CT molecular complexity index is 1180. The van der Waals surface area contributed by atoms with Gasteiger partial charge in [0.15, 0.2) is 0 Å². The summed E-state index contributed by atoms with van der Waals surface area (Å²) in [4.78, 5) is 78.4. The first-order valence-corrected chi connectivity index (χ1v) is 16.3. The fourth-order valence-corrected chi connectivity index (χ4v) is 6.13. The Morgan fingerprint density at radius 2 is 1.57 bits per heavy atom. The molecule has 240 valence electrons. The largest absolute Gasteiger partial charge is 0.356 e. The average molecular weight is 610 g/mol. The molecule has 1 saturated heterocycles. The van der Waals surface area contributed by atoms with Gasteiger partial charge in [0.1, 0.15) is 12.1 Å². The zero-order chi connectivity index (χ0) is 31.5. The Hall–Kier alpha value is -3.76. The maximum Gasteiger partial charge on any atom is 0.289 e. The second-order valence-electron chi connectivity index (χ2n) is 12.5. The van der Waals surface area contributed by atoms with Crippen LogP contribution in [0.3, 0.4) is 0 Å². The smallest absolute Gasteiger partial charge is 0.289 e. The fourth-order valence-electron chi connectivity index (χ4n) is 6.13. The van der Waals surface area contributed by atoms with Crippen LogP contribution in [0.4, 0.5) is 0 Å². The first-order valence-electron chi connectivity index (χ1n) is 16.3. The molecule has 1 heterocycles. The molecule has 5 amide bonds. The van der Waals surface area contributed by atoms with Gasteiger partial charge in [0.25, 0.3) is 5.91 Å². The molecule has 0 radical (unpaired) electrons. The predicted octanol–water partition coefficient (Wildman–Crippen LogP) is 1.83. The van der Waals surface area contributed by atoms with Gasteiger partial charge in [0.2, 0.25) is 29.4 Å². The second kappa shape index (κ2) is 16.4. The first-order chi connectivity index (χ1) is 21.2. The van der Waals surface area contributed by atoms with Gasteiger partial charge in [-0.15, -0.1) is 0 Å². The van der Waals surface area contributed by atoms with Crippen LogP contribution in [0.1, 0.15) is 89.5 Å². The molecule has 0 aromatic heterocycles. The minimum Gasteiger partial charge on any atom is -0.356 e. The number of hydrogen-bond donors (Lipinski definition) is 5. The first kappa shape index (κ1) is 33.1. The molecular weight excluding hydrogens is 562 g/mol. The van der Waals surface area contributed by atoms with Gasteiger partial charge >= 0.3 is 0 Å². The average Bonchev–Trinajstić information content (AvgIpc) is 3.76. The summed E-state index contributed by atoms with van der Waals surface area (Å²) >= 11 is 0. The molecule has 44 heavy (non-hydrogen) atoms. The summed E-state index contributed by atoms with van der Waals surface area (Å²) in [5, 5.41) is 13.9. The molecule has 1 aromatic rings. The molecule has 4 atom stereocenters. The lowest BCUT2D eigenvalue weighted by atomic mass is 9.83. The minimum atomic E-state index is -1.20. The van der Waals surface area contributed by atoms with Crippen LogP contribution in [0, 0.1) is 11.8 Å². The van der Waals surface area contributed by atoms with Gasteiger partial charge in [0, 0.05) is 24.9 Å². The molecule has 2 saturated carbocycles. The van der Waals surface area contributed by atoms with Gasteiger partial charge in [-0.2, -0.15) is 0 Å². The molecule has 2 aliphatic carbocycles.